The Morgan fingerprint density at radius 2 is 1.68 bits per heavy atom. The van der Waals surface area contributed by atoms with Gasteiger partial charge in [-0.1, -0.05) is 0 Å². The van der Waals surface area contributed by atoms with Crippen LogP contribution in [0.1, 0.15) is 65.1 Å². The van der Waals surface area contributed by atoms with Gasteiger partial charge in [0.2, 0.25) is 0 Å². The summed E-state index contributed by atoms with van der Waals surface area (Å²) in [7, 11) is -0.329. The van der Waals surface area contributed by atoms with Crippen molar-refractivity contribution in [2.45, 2.75) is 83.6 Å². The lowest BCUT2D eigenvalue weighted by Gasteiger charge is -2.32. The minimum absolute atomic E-state index is 0.316. The normalized spacial score (nSPS) is 30.7. The highest BCUT2D eigenvalue weighted by molar-refractivity contribution is 6.62. The van der Waals surface area contributed by atoms with Crippen molar-refractivity contribution in [3.8, 4) is 0 Å². The third kappa shape index (κ3) is 2.61. The maximum Gasteiger partial charge on any atom is 0.498 e. The molecule has 2 aliphatic rings. The monoisotopic (exact) mass is 305 g/mol. The van der Waals surface area contributed by atoms with Gasteiger partial charge >= 0.3 is 7.12 Å². The zero-order valence-electron chi connectivity index (χ0n) is 14.4. The first kappa shape index (κ1) is 16.0. The first-order valence-corrected chi connectivity index (χ1v) is 8.36. The Bertz CT molecular complexity index is 532. The van der Waals surface area contributed by atoms with Crippen LogP contribution < -0.4 is 11.2 Å². The van der Waals surface area contributed by atoms with Crippen LogP contribution in [-0.4, -0.2) is 34.1 Å². The third-order valence-corrected chi connectivity index (χ3v) is 5.68. The standard InChI is InChI=1S/C16H28BN3O2/c1-11-14(17-21-15(2,3)16(4,5)22-17)10-19-20(11)13-8-6-12(18)7-9-13/h10,12-13H,6-9,18H2,1-5H3/t12-,13-. The van der Waals surface area contributed by atoms with E-state index in [2.05, 4.69) is 44.4 Å². The molecular formula is C16H28BN3O2. The Morgan fingerprint density at radius 3 is 2.23 bits per heavy atom. The second-order valence-electron chi connectivity index (χ2n) is 7.79. The quantitative estimate of drug-likeness (QED) is 0.848. The largest absolute Gasteiger partial charge is 0.498 e. The number of rotatable bonds is 2. The van der Waals surface area contributed by atoms with E-state index in [0.717, 1.165) is 36.8 Å². The molecule has 5 nitrogen and oxygen atoms in total. The molecule has 3 rings (SSSR count). The SMILES string of the molecule is Cc1c(B2OC(C)(C)C(C)(C)O2)cnn1[C@H]1CC[C@H](N)CC1. The molecule has 2 fully saturated rings. The molecule has 2 heterocycles. The summed E-state index contributed by atoms with van der Waals surface area (Å²) < 4.78 is 14.5. The lowest BCUT2D eigenvalue weighted by molar-refractivity contribution is 0.00578. The van der Waals surface area contributed by atoms with E-state index in [-0.39, 0.29) is 18.3 Å². The zero-order chi connectivity index (χ0) is 16.1. The molecule has 1 saturated heterocycles. The van der Waals surface area contributed by atoms with Crippen LogP contribution >= 0.6 is 0 Å². The molecule has 1 aromatic rings. The molecule has 0 spiro atoms. The van der Waals surface area contributed by atoms with Gasteiger partial charge in [0.05, 0.1) is 17.2 Å². The van der Waals surface area contributed by atoms with Gasteiger partial charge in [-0.15, -0.1) is 0 Å². The molecule has 0 radical (unpaired) electrons. The summed E-state index contributed by atoms with van der Waals surface area (Å²) in [5.41, 5.74) is 7.58. The van der Waals surface area contributed by atoms with Crippen molar-refractivity contribution in [3.05, 3.63) is 11.9 Å². The fourth-order valence-electron chi connectivity index (χ4n) is 3.35. The van der Waals surface area contributed by atoms with Gasteiger partial charge in [-0.2, -0.15) is 5.10 Å². The average Bonchev–Trinajstić information content (AvgIpc) is 2.89. The van der Waals surface area contributed by atoms with Crippen molar-refractivity contribution in [3.63, 3.8) is 0 Å². The molecule has 0 unspecified atom stereocenters. The Kier molecular flexibility index (Phi) is 3.90. The molecular weight excluding hydrogens is 277 g/mol. The highest BCUT2D eigenvalue weighted by Crippen LogP contribution is 2.37. The average molecular weight is 305 g/mol. The molecule has 2 N–H and O–H groups in total. The molecule has 0 atom stereocenters. The van der Waals surface area contributed by atoms with Crippen molar-refractivity contribution in [2.75, 3.05) is 0 Å². The summed E-state index contributed by atoms with van der Waals surface area (Å²) >= 11 is 0. The minimum Gasteiger partial charge on any atom is -0.399 e. The van der Waals surface area contributed by atoms with Crippen LogP contribution in [-0.2, 0) is 9.31 Å². The molecule has 1 aromatic heterocycles. The highest BCUT2D eigenvalue weighted by atomic mass is 16.7. The highest BCUT2D eigenvalue weighted by Gasteiger charge is 2.52. The molecule has 1 saturated carbocycles. The van der Waals surface area contributed by atoms with Gasteiger partial charge in [-0.25, -0.2) is 0 Å². The summed E-state index contributed by atoms with van der Waals surface area (Å²) in [6, 6.07) is 0.811. The molecule has 22 heavy (non-hydrogen) atoms. The number of nitrogens with zero attached hydrogens (tertiary/aromatic N) is 2. The van der Waals surface area contributed by atoms with E-state index in [9.17, 15) is 0 Å². The van der Waals surface area contributed by atoms with Gasteiger partial charge in [0.1, 0.15) is 0 Å². The second-order valence-corrected chi connectivity index (χ2v) is 7.79. The predicted octanol–water partition coefficient (Wildman–Crippen LogP) is 1.93. The Morgan fingerprint density at radius 1 is 1.14 bits per heavy atom. The predicted molar refractivity (Wildman–Crippen MR) is 88.2 cm³/mol. The maximum absolute atomic E-state index is 6.15. The number of hydrogen-bond donors (Lipinski definition) is 1. The fraction of sp³-hybridized carbons (Fsp3) is 0.812. The van der Waals surface area contributed by atoms with Crippen LogP contribution in [0.3, 0.4) is 0 Å². The van der Waals surface area contributed by atoms with Crippen molar-refractivity contribution in [1.29, 1.82) is 0 Å². The van der Waals surface area contributed by atoms with Gasteiger partial charge in [-0.05, 0) is 60.3 Å². The van der Waals surface area contributed by atoms with Crippen LogP contribution in [0.5, 0.6) is 0 Å². The molecule has 6 heteroatoms. The number of nitrogens with two attached hydrogens (primary N) is 1. The maximum atomic E-state index is 6.15. The Labute approximate surface area is 133 Å². The van der Waals surface area contributed by atoms with Crippen LogP contribution in [0.4, 0.5) is 0 Å². The molecule has 0 amide bonds. The molecule has 0 aromatic carbocycles. The first-order valence-electron chi connectivity index (χ1n) is 8.36. The van der Waals surface area contributed by atoms with Gasteiger partial charge in [0.25, 0.3) is 0 Å². The third-order valence-electron chi connectivity index (χ3n) is 5.68. The Balaban J connectivity index is 1.80. The Hall–Kier alpha value is -0.845. The van der Waals surface area contributed by atoms with E-state index in [1.54, 1.807) is 0 Å². The van der Waals surface area contributed by atoms with E-state index >= 15 is 0 Å². The summed E-state index contributed by atoms with van der Waals surface area (Å²) in [5, 5.41) is 4.62. The molecule has 122 valence electrons. The summed E-state index contributed by atoms with van der Waals surface area (Å²) in [4.78, 5) is 0. The molecule has 1 aliphatic carbocycles. The smallest absolute Gasteiger partial charge is 0.399 e. The van der Waals surface area contributed by atoms with E-state index in [1.807, 2.05) is 6.20 Å². The summed E-state index contributed by atoms with van der Waals surface area (Å²) in [5.74, 6) is 0. The van der Waals surface area contributed by atoms with Gasteiger partial charge in [0, 0.05) is 23.4 Å². The summed E-state index contributed by atoms with van der Waals surface area (Å²) in [6.07, 6.45) is 6.27. The molecule has 1 aliphatic heterocycles. The lowest BCUT2D eigenvalue weighted by Crippen LogP contribution is -2.41. The number of aromatic nitrogens is 2. The van der Waals surface area contributed by atoms with E-state index < -0.39 is 0 Å². The van der Waals surface area contributed by atoms with Crippen molar-refractivity contribution in [2.24, 2.45) is 5.73 Å². The first-order chi connectivity index (χ1) is 10.2. The van der Waals surface area contributed by atoms with E-state index in [4.69, 9.17) is 15.0 Å². The van der Waals surface area contributed by atoms with Gasteiger partial charge < -0.3 is 15.0 Å². The molecule has 0 bridgehead atoms. The lowest BCUT2D eigenvalue weighted by atomic mass is 9.79. The number of hydrogen-bond acceptors (Lipinski definition) is 4. The van der Waals surface area contributed by atoms with Crippen molar-refractivity contribution in [1.82, 2.24) is 9.78 Å². The van der Waals surface area contributed by atoms with Crippen LogP contribution in [0.25, 0.3) is 0 Å². The van der Waals surface area contributed by atoms with E-state index in [0.29, 0.717) is 12.1 Å². The minimum atomic E-state index is -0.329. The van der Waals surface area contributed by atoms with Crippen LogP contribution in [0.15, 0.2) is 6.20 Å². The van der Waals surface area contributed by atoms with Gasteiger partial charge in [0.15, 0.2) is 0 Å². The van der Waals surface area contributed by atoms with E-state index in [1.165, 1.54) is 0 Å². The van der Waals surface area contributed by atoms with Crippen LogP contribution in [0.2, 0.25) is 0 Å². The summed E-state index contributed by atoms with van der Waals surface area (Å²) in [6.45, 7) is 10.4. The fourth-order valence-corrected chi connectivity index (χ4v) is 3.35. The topological polar surface area (TPSA) is 62.3 Å². The second kappa shape index (κ2) is 5.36. The van der Waals surface area contributed by atoms with Crippen molar-refractivity contribution >= 4 is 12.6 Å². The van der Waals surface area contributed by atoms with Crippen LogP contribution in [0, 0.1) is 6.92 Å². The van der Waals surface area contributed by atoms with Gasteiger partial charge in [-0.3, -0.25) is 4.68 Å². The van der Waals surface area contributed by atoms with Crippen molar-refractivity contribution < 1.29 is 9.31 Å². The zero-order valence-corrected chi connectivity index (χ0v) is 14.4.